The van der Waals surface area contributed by atoms with Gasteiger partial charge in [0, 0.05) is 83.9 Å². The maximum Gasteiger partial charge on any atom is 0.494 e. The van der Waals surface area contributed by atoms with E-state index in [4.69, 9.17) is 89.8 Å². The third kappa shape index (κ3) is 33.5. The number of pyridine rings is 4. The molecule has 6 aromatic carbocycles. The molecule has 1 fully saturated rings. The summed E-state index contributed by atoms with van der Waals surface area (Å²) in [4.78, 5) is 45.0. The van der Waals surface area contributed by atoms with Crippen LogP contribution in [0.15, 0.2) is 170 Å². The van der Waals surface area contributed by atoms with E-state index in [1.165, 1.54) is 9.80 Å². The van der Waals surface area contributed by atoms with E-state index in [0.29, 0.717) is 33.1 Å². The number of aromatic nitrogens is 4. The van der Waals surface area contributed by atoms with E-state index in [1.54, 1.807) is 63.6 Å². The van der Waals surface area contributed by atoms with Crippen LogP contribution in [0.2, 0.25) is 64.7 Å². The number of aromatic hydroxyl groups is 1. The molecule has 22 nitrogen and oxygen atoms in total. The standard InChI is InChI=1S/C30H41FN2O4Si.C18H28BNO4.C18H25ClFNO2Si.C13H15FN2O2.C9H6ClNO.C9H21FO2Si/c1-29(2,3)36-28(34)33(7)23-14-10-21(11-15-23)26-17-13-22-12-16-24(18-27(22)32-26)35-20-25(19-31)37-38(8,9)30(4,5)6;1-16(2,3)22-15(21)20(8)14-11-9-13(10-12-14)19-23-17(4,5)18(6,7)24-19;1-18(2,3)24(4,5)23-15(11-20)12-22-14-8-6-13-7-9-17(19)21-16(13)10-14;1-15-13-5-3-9-2-4-11(6-12(9)16-13)18-8-10(17)7-14;10-9-4-2-6-1-3-7(12)5-8(6)11-9;1-9(2,3)13(4,5)12-8(6-10)7-11/h10-18,25H,19-20H2,1-9H3;9-12H,1-8H3;6-10,15H,11-12H2,1-5H3;2-6,10,17H,7-8H2,1H3,(H,15,16);1-5,12H;8,11H,6-7H2,1-5H3. The average molecular weight is 1880 g/mol. The number of amides is 2. The minimum atomic E-state index is -2.11. The van der Waals surface area contributed by atoms with Crippen LogP contribution in [0.1, 0.15) is 132 Å². The smallest absolute Gasteiger partial charge is 0.494 e. The number of alkyl halides is 4. The zero-order valence-electron chi connectivity index (χ0n) is 80.4. The van der Waals surface area contributed by atoms with Crippen molar-refractivity contribution >= 4 is 134 Å². The van der Waals surface area contributed by atoms with Gasteiger partial charge in [-0.3, -0.25) is 9.80 Å². The van der Waals surface area contributed by atoms with Gasteiger partial charge in [0.05, 0.1) is 51.7 Å². The normalized spacial score (nSPS) is 14.4. The number of hydrogen-bond acceptors (Lipinski definition) is 20. The molecule has 4 N–H and O–H groups in total. The molecule has 4 unspecified atom stereocenters. The number of nitrogens with zero attached hydrogens (tertiary/aromatic N) is 6. The molecule has 706 valence electrons. The maximum atomic E-state index is 13.7. The zero-order chi connectivity index (χ0) is 96.8. The fourth-order valence-corrected chi connectivity index (χ4v) is 15.5. The maximum absolute atomic E-state index is 13.7. The predicted octanol–water partition coefficient (Wildman–Crippen LogP) is 23.9. The van der Waals surface area contributed by atoms with Crippen molar-refractivity contribution in [1.82, 2.24) is 19.9 Å². The molecule has 0 saturated carbocycles. The first-order chi connectivity index (χ1) is 59.8. The minimum absolute atomic E-state index is 0.00690. The van der Waals surface area contributed by atoms with Gasteiger partial charge in [-0.2, -0.15) is 0 Å². The number of anilines is 3. The van der Waals surface area contributed by atoms with E-state index in [9.17, 15) is 27.2 Å². The van der Waals surface area contributed by atoms with Gasteiger partial charge in [0.25, 0.3) is 0 Å². The van der Waals surface area contributed by atoms with Gasteiger partial charge >= 0.3 is 19.3 Å². The van der Waals surface area contributed by atoms with Gasteiger partial charge in [0.2, 0.25) is 0 Å². The van der Waals surface area contributed by atoms with Crippen LogP contribution in [0, 0.1) is 0 Å². The number of carbonyl (C=O) groups excluding carboxylic acids is 2. The number of phenolic OH excluding ortho intramolecular Hbond substituents is 1. The summed E-state index contributed by atoms with van der Waals surface area (Å²) in [6, 6.07) is 51.8. The van der Waals surface area contributed by atoms with E-state index in [2.05, 4.69) is 109 Å². The fraction of sp³-hybridized carbons (Fsp3) is 0.485. The highest BCUT2D eigenvalue weighted by Crippen LogP contribution is 2.42. The zero-order valence-corrected chi connectivity index (χ0v) is 84.9. The van der Waals surface area contributed by atoms with Crippen LogP contribution in [0.25, 0.3) is 54.9 Å². The van der Waals surface area contributed by atoms with Crippen molar-refractivity contribution < 1.29 is 88.7 Å². The molecule has 32 heteroatoms. The number of aliphatic hydroxyl groups is 2. The molecule has 4 atom stereocenters. The summed E-state index contributed by atoms with van der Waals surface area (Å²) in [6.07, 6.45) is -3.69. The number of fused-ring (bicyclic) bond motifs is 4. The second-order valence-electron chi connectivity index (χ2n) is 39.0. The Balaban J connectivity index is 0.000000249. The Hall–Kier alpha value is -8.76. The van der Waals surface area contributed by atoms with Crippen LogP contribution in [-0.4, -0.2) is 201 Å². The first kappa shape index (κ1) is 109. The van der Waals surface area contributed by atoms with E-state index >= 15 is 0 Å². The van der Waals surface area contributed by atoms with Crippen LogP contribution in [0.4, 0.5) is 44.3 Å². The fourth-order valence-electron chi connectivity index (χ4n) is 11.2. The highest BCUT2D eigenvalue weighted by molar-refractivity contribution is 6.75. The molecule has 11 rings (SSSR count). The second-order valence-corrected chi connectivity index (χ2v) is 54.1. The molecule has 0 spiro atoms. The monoisotopic (exact) mass is 1880 g/mol. The quantitative estimate of drug-likeness (QED) is 0.0235. The van der Waals surface area contributed by atoms with E-state index in [-0.39, 0.29) is 64.6 Å². The predicted molar refractivity (Wildman–Crippen MR) is 525 cm³/mol. The van der Waals surface area contributed by atoms with Crippen molar-refractivity contribution in [2.45, 2.75) is 233 Å². The Morgan fingerprint density at radius 2 is 0.806 bits per heavy atom. The number of rotatable bonds is 25. The van der Waals surface area contributed by atoms with E-state index in [0.717, 1.165) is 72.0 Å². The molecule has 0 bridgehead atoms. The number of nitrogens with one attached hydrogen (secondary N) is 1. The lowest BCUT2D eigenvalue weighted by Crippen LogP contribution is -2.46. The molecule has 2 amide bonds. The van der Waals surface area contributed by atoms with E-state index < -0.39 is 100 Å². The van der Waals surface area contributed by atoms with Gasteiger partial charge in [-0.25, -0.2) is 47.1 Å². The van der Waals surface area contributed by atoms with Gasteiger partial charge in [-0.05, 0) is 244 Å². The minimum Gasteiger partial charge on any atom is -0.508 e. The molecule has 5 heterocycles. The van der Waals surface area contributed by atoms with Crippen molar-refractivity contribution in [3.8, 4) is 34.3 Å². The first-order valence-electron chi connectivity index (χ1n) is 43.0. The summed E-state index contributed by atoms with van der Waals surface area (Å²) >= 11 is 11.6. The summed E-state index contributed by atoms with van der Waals surface area (Å²) in [5.74, 6) is 2.79. The topological polar surface area (TPSA) is 257 Å². The first-order valence-corrected chi connectivity index (χ1v) is 52.5. The van der Waals surface area contributed by atoms with Crippen LogP contribution in [-0.2, 0) is 32.1 Å². The molecule has 10 aromatic rings. The molecular formula is C97H136BCl2F4N7O15Si3. The van der Waals surface area contributed by atoms with Crippen LogP contribution in [0.3, 0.4) is 0 Å². The Morgan fingerprint density at radius 1 is 0.465 bits per heavy atom. The van der Waals surface area contributed by atoms with Crippen molar-refractivity contribution in [1.29, 1.82) is 0 Å². The number of halogens is 6. The summed E-state index contributed by atoms with van der Waals surface area (Å²) < 4.78 is 109. The molecule has 0 aliphatic carbocycles. The third-order valence-corrected chi connectivity index (χ3v) is 36.6. The lowest BCUT2D eigenvalue weighted by molar-refractivity contribution is 0.00578. The largest absolute Gasteiger partial charge is 0.508 e. The summed E-state index contributed by atoms with van der Waals surface area (Å²) in [6.45, 7) is 48.2. The number of carbonyl (C=O) groups is 2. The van der Waals surface area contributed by atoms with Crippen LogP contribution < -0.4 is 34.8 Å². The van der Waals surface area contributed by atoms with Gasteiger partial charge in [0.1, 0.15) is 115 Å². The lowest BCUT2D eigenvalue weighted by Gasteiger charge is -2.38. The molecule has 0 radical (unpaired) electrons. The molecule has 1 aliphatic rings. The third-order valence-electron chi connectivity index (χ3n) is 22.6. The highest BCUT2D eigenvalue weighted by atomic mass is 35.5. The van der Waals surface area contributed by atoms with Crippen LogP contribution in [0.5, 0.6) is 23.0 Å². The Kier molecular flexibility index (Phi) is 39.3. The van der Waals surface area contributed by atoms with Gasteiger partial charge in [0.15, 0.2) is 25.0 Å². The van der Waals surface area contributed by atoms with Gasteiger partial charge < -0.3 is 66.9 Å². The Bertz CT molecular complexity index is 5200. The number of benzene rings is 6. The number of aliphatic hydroxyl groups excluding tert-OH is 2. The SMILES string of the molecule is CC(C)(C)[Si](C)(C)OC(CF)COc1ccc2ccc(Cl)nc2c1.CC(C)(C)[Si](C)(C)OC(CO)CF.CN(C(=O)OC(C)(C)C)c1ccc(-c2ccc3ccc(OCC(CF)O[Si](C)(C)C(C)(C)C)cc3n2)cc1.CN(C(=O)OC(C)(C)C)c1ccc(B2OC(C)(C)C(C)(C)O2)cc1.CNc1ccc2ccc(OCC(O)CF)cc2n1.Oc1ccc2ccc(Cl)nc2c1. The molecule has 1 aliphatic heterocycles. The van der Waals surface area contributed by atoms with E-state index in [1.807, 2.05) is 210 Å². The summed E-state index contributed by atoms with van der Waals surface area (Å²) in [5.41, 5.74) is 5.32. The lowest BCUT2D eigenvalue weighted by atomic mass is 9.79. The average Bonchev–Trinajstić information content (AvgIpc) is 1.68. The molecule has 1 saturated heterocycles. The van der Waals surface area contributed by atoms with Crippen molar-refractivity contribution in [2.75, 3.05) is 89.4 Å². The molecule has 4 aromatic heterocycles. The van der Waals surface area contributed by atoms with Crippen LogP contribution >= 0.6 is 23.2 Å². The number of ether oxygens (including phenoxy) is 5. The van der Waals surface area contributed by atoms with Gasteiger partial charge in [-0.1, -0.05) is 116 Å². The molecule has 129 heavy (non-hydrogen) atoms. The Labute approximate surface area is 774 Å². The van der Waals surface area contributed by atoms with Crippen molar-refractivity contribution in [3.05, 3.63) is 180 Å². The number of phenols is 1. The van der Waals surface area contributed by atoms with Gasteiger partial charge in [-0.15, -0.1) is 0 Å². The summed E-state index contributed by atoms with van der Waals surface area (Å²) in [5, 5.41) is 34.9. The molecular weight excluding hydrogens is 1750 g/mol. The second kappa shape index (κ2) is 46.5. The van der Waals surface area contributed by atoms with Crippen molar-refractivity contribution in [3.63, 3.8) is 0 Å². The summed E-state index contributed by atoms with van der Waals surface area (Å²) in [7, 11) is -1.28. The Morgan fingerprint density at radius 3 is 1.18 bits per heavy atom. The van der Waals surface area contributed by atoms with Crippen molar-refractivity contribution in [2.24, 2.45) is 0 Å². The highest BCUT2D eigenvalue weighted by Gasteiger charge is 2.52. The number of hydrogen-bond donors (Lipinski definition) is 4.